The Balaban J connectivity index is 1.68. The largest absolute Gasteiger partial charge is 0.497 e. The first kappa shape index (κ1) is 17.7. The fourth-order valence-electron chi connectivity index (χ4n) is 3.40. The van der Waals surface area contributed by atoms with Crippen molar-refractivity contribution in [3.05, 3.63) is 65.4 Å². The Kier molecular flexibility index (Phi) is 4.54. The van der Waals surface area contributed by atoms with Gasteiger partial charge in [-0.1, -0.05) is 18.2 Å². The average molecular weight is 376 g/mol. The molecule has 4 rings (SSSR count). The predicted octanol–water partition coefficient (Wildman–Crippen LogP) is 2.64. The minimum Gasteiger partial charge on any atom is -0.497 e. The number of amidine groups is 1. The lowest BCUT2D eigenvalue weighted by Crippen LogP contribution is -2.20. The second-order valence-corrected chi connectivity index (χ2v) is 6.42. The van der Waals surface area contributed by atoms with E-state index in [9.17, 15) is 0 Å². The minimum absolute atomic E-state index is 0.0259. The van der Waals surface area contributed by atoms with Crippen molar-refractivity contribution in [3.8, 4) is 17.0 Å². The van der Waals surface area contributed by atoms with Crippen LogP contribution in [-0.2, 0) is 6.42 Å². The number of rotatable bonds is 4. The number of anilines is 1. The van der Waals surface area contributed by atoms with Crippen LogP contribution in [0.2, 0.25) is 0 Å². The first-order valence-corrected chi connectivity index (χ1v) is 8.79. The van der Waals surface area contributed by atoms with Gasteiger partial charge in [-0.25, -0.2) is 9.66 Å². The van der Waals surface area contributed by atoms with Crippen molar-refractivity contribution in [3.63, 3.8) is 0 Å². The Morgan fingerprint density at radius 1 is 1.25 bits per heavy atom. The van der Waals surface area contributed by atoms with Crippen LogP contribution in [0, 0.1) is 5.41 Å². The molecule has 5 N–H and O–H groups in total. The van der Waals surface area contributed by atoms with E-state index in [1.54, 1.807) is 24.0 Å². The third-order valence-electron chi connectivity index (χ3n) is 4.81. The molecule has 8 nitrogen and oxygen atoms in total. The second kappa shape index (κ2) is 7.16. The Morgan fingerprint density at radius 2 is 2.04 bits per heavy atom. The summed E-state index contributed by atoms with van der Waals surface area (Å²) in [5.41, 5.74) is 13.1. The van der Waals surface area contributed by atoms with Gasteiger partial charge in [0.05, 0.1) is 24.7 Å². The first-order valence-electron chi connectivity index (χ1n) is 8.79. The molecule has 0 spiro atoms. The number of nitrogens with zero attached hydrogens (tertiary/aromatic N) is 3. The maximum atomic E-state index is 9.06. The van der Waals surface area contributed by atoms with Gasteiger partial charge in [0.2, 0.25) is 5.95 Å². The summed E-state index contributed by atoms with van der Waals surface area (Å²) < 4.78 is 6.76. The topological polar surface area (TPSA) is 122 Å². The quantitative estimate of drug-likeness (QED) is 0.317. The van der Waals surface area contributed by atoms with Crippen molar-refractivity contribution in [1.29, 1.82) is 5.41 Å². The fourth-order valence-corrected chi connectivity index (χ4v) is 3.40. The molecule has 0 fully saturated rings. The number of nitrogen functional groups attached to an aromatic ring is 1. The monoisotopic (exact) mass is 376 g/mol. The summed E-state index contributed by atoms with van der Waals surface area (Å²) in [6.07, 6.45) is 3.26. The van der Waals surface area contributed by atoms with Gasteiger partial charge in [0.15, 0.2) is 0 Å². The van der Waals surface area contributed by atoms with Crippen LogP contribution in [0.1, 0.15) is 23.1 Å². The van der Waals surface area contributed by atoms with E-state index in [0.717, 1.165) is 46.7 Å². The lowest BCUT2D eigenvalue weighted by molar-refractivity contribution is 0.234. The fraction of sp³-hybridized carbons (Fsp3) is 0.150. The lowest BCUT2D eigenvalue weighted by atomic mass is 10.0. The molecule has 142 valence electrons. The zero-order valence-electron chi connectivity index (χ0n) is 15.3. The highest BCUT2D eigenvalue weighted by Crippen LogP contribution is 2.27. The number of benzene rings is 2. The maximum absolute atomic E-state index is 9.06. The van der Waals surface area contributed by atoms with Gasteiger partial charge in [-0.15, -0.1) is 0 Å². The van der Waals surface area contributed by atoms with Gasteiger partial charge in [0.25, 0.3) is 0 Å². The first-order chi connectivity index (χ1) is 13.6. The maximum Gasteiger partial charge on any atom is 0.221 e. The molecule has 1 aliphatic rings. The number of imidazole rings is 1. The highest BCUT2D eigenvalue weighted by molar-refractivity contribution is 6.08. The zero-order valence-corrected chi connectivity index (χ0v) is 15.3. The van der Waals surface area contributed by atoms with Crippen LogP contribution in [0.4, 0.5) is 5.95 Å². The van der Waals surface area contributed by atoms with Gasteiger partial charge in [0, 0.05) is 16.7 Å². The Morgan fingerprint density at radius 3 is 2.75 bits per heavy atom. The number of nitrogens with two attached hydrogens (primary N) is 1. The molecule has 2 aromatic carbocycles. The summed E-state index contributed by atoms with van der Waals surface area (Å²) in [6.45, 7) is 0. The highest BCUT2D eigenvalue weighted by atomic mass is 16.5. The number of ether oxygens (including phenoxy) is 1. The van der Waals surface area contributed by atoms with Crippen molar-refractivity contribution < 1.29 is 9.94 Å². The van der Waals surface area contributed by atoms with E-state index in [4.69, 9.17) is 21.1 Å². The van der Waals surface area contributed by atoms with E-state index in [0.29, 0.717) is 11.5 Å². The minimum atomic E-state index is -0.0259. The normalized spacial score (nSPS) is 14.1. The van der Waals surface area contributed by atoms with Crippen molar-refractivity contribution in [2.24, 2.45) is 5.10 Å². The molecule has 0 bridgehead atoms. The van der Waals surface area contributed by atoms with Gasteiger partial charge < -0.3 is 10.5 Å². The zero-order chi connectivity index (χ0) is 19.7. The highest BCUT2D eigenvalue weighted by Gasteiger charge is 2.22. The van der Waals surface area contributed by atoms with Crippen LogP contribution in [0.3, 0.4) is 0 Å². The number of hydroxylamine groups is 1. The van der Waals surface area contributed by atoms with E-state index in [-0.39, 0.29) is 5.84 Å². The van der Waals surface area contributed by atoms with Gasteiger partial charge in [-0.2, -0.15) is 5.10 Å². The number of methoxy groups -OCH3 is 1. The van der Waals surface area contributed by atoms with Gasteiger partial charge in [-0.05, 0) is 42.7 Å². The van der Waals surface area contributed by atoms with Crippen LogP contribution < -0.4 is 16.0 Å². The molecule has 0 unspecified atom stereocenters. The van der Waals surface area contributed by atoms with E-state index in [1.807, 2.05) is 41.9 Å². The van der Waals surface area contributed by atoms with Gasteiger partial charge >= 0.3 is 0 Å². The molecular formula is C20H20N6O2. The molecule has 28 heavy (non-hydrogen) atoms. The predicted molar refractivity (Wildman–Crippen MR) is 107 cm³/mol. The van der Waals surface area contributed by atoms with Crippen molar-refractivity contribution in [2.45, 2.75) is 12.8 Å². The summed E-state index contributed by atoms with van der Waals surface area (Å²) in [4.78, 5) is 4.41. The Bertz CT molecular complexity index is 1070. The van der Waals surface area contributed by atoms with E-state index in [2.05, 4.69) is 10.1 Å². The molecule has 1 heterocycles. The lowest BCUT2D eigenvalue weighted by Gasteiger charge is -2.08. The molecule has 0 radical (unpaired) electrons. The van der Waals surface area contributed by atoms with Crippen LogP contribution in [0.15, 0.2) is 53.8 Å². The smallest absolute Gasteiger partial charge is 0.221 e. The number of nitrogens with one attached hydrogen (secondary N) is 2. The van der Waals surface area contributed by atoms with Crippen molar-refractivity contribution in [2.75, 3.05) is 12.8 Å². The van der Waals surface area contributed by atoms with Crippen LogP contribution in [-0.4, -0.2) is 33.5 Å². The molecule has 3 aromatic rings. The van der Waals surface area contributed by atoms with E-state index < -0.39 is 0 Å². The van der Waals surface area contributed by atoms with Crippen LogP contribution in [0.25, 0.3) is 11.3 Å². The third-order valence-corrected chi connectivity index (χ3v) is 4.81. The molecule has 0 aliphatic heterocycles. The third kappa shape index (κ3) is 3.10. The summed E-state index contributed by atoms with van der Waals surface area (Å²) >= 11 is 0. The molecule has 1 aliphatic carbocycles. The molecule has 8 heteroatoms. The van der Waals surface area contributed by atoms with Crippen molar-refractivity contribution >= 4 is 17.5 Å². The molecule has 0 amide bonds. The number of hydrogen-bond donors (Lipinski definition) is 4. The molecule has 0 atom stereocenters. The SMILES string of the molecule is COc1ccc(-c2cn(N=C3CCc4c(C(=N)NO)cccc43)c(N)n2)cc1. The number of hydrogen-bond acceptors (Lipinski definition) is 6. The number of fused-ring (bicyclic) bond motifs is 1. The standard InChI is InChI=1S/C20H20N6O2/c1-28-13-7-5-12(6-8-13)18-11-26(20(22)23-18)24-17-10-9-14-15(17)3-2-4-16(14)19(21)25-27/h2-8,11,27H,9-10H2,1H3,(H2,21,25)(H2,22,23). The number of aromatic nitrogens is 2. The van der Waals surface area contributed by atoms with Crippen molar-refractivity contribution in [1.82, 2.24) is 15.1 Å². The van der Waals surface area contributed by atoms with Crippen LogP contribution in [0.5, 0.6) is 5.75 Å². The summed E-state index contributed by atoms with van der Waals surface area (Å²) in [7, 11) is 1.63. The summed E-state index contributed by atoms with van der Waals surface area (Å²) in [6, 6.07) is 13.2. The molecule has 0 saturated heterocycles. The Labute approximate surface area is 161 Å². The van der Waals surface area contributed by atoms with E-state index >= 15 is 0 Å². The Hall–Kier alpha value is -3.65. The van der Waals surface area contributed by atoms with Gasteiger partial charge in [-0.3, -0.25) is 16.1 Å². The summed E-state index contributed by atoms with van der Waals surface area (Å²) in [5, 5.41) is 21.6. The molecule has 0 saturated carbocycles. The second-order valence-electron chi connectivity index (χ2n) is 6.42. The van der Waals surface area contributed by atoms with Crippen LogP contribution >= 0.6 is 0 Å². The van der Waals surface area contributed by atoms with E-state index in [1.165, 1.54) is 0 Å². The average Bonchev–Trinajstić information content (AvgIpc) is 3.31. The molecular weight excluding hydrogens is 356 g/mol. The summed E-state index contributed by atoms with van der Waals surface area (Å²) in [5.74, 6) is 1.05. The van der Waals surface area contributed by atoms with Gasteiger partial charge in [0.1, 0.15) is 11.6 Å². The molecule has 1 aromatic heterocycles.